The number of nitriles is 1. The average molecular weight is 587 g/mol. The minimum absolute atomic E-state index is 0.552. The molecular weight excluding hydrogens is 560 g/mol. The van der Waals surface area contributed by atoms with Crippen molar-refractivity contribution in [1.29, 1.82) is 10.7 Å². The second-order valence-corrected chi connectivity index (χ2v) is 11.7. The van der Waals surface area contributed by atoms with Crippen LogP contribution in [0.4, 0.5) is 0 Å². The molecule has 0 aliphatic rings. The Hall–Kier alpha value is -6.44. The van der Waals surface area contributed by atoms with E-state index in [1.807, 2.05) is 30.3 Å². The molecule has 0 unspecified atom stereocenters. The maximum atomic E-state index is 11.0. The van der Waals surface area contributed by atoms with E-state index < -0.39 is 0 Å². The molecule has 2 heterocycles. The monoisotopic (exact) mass is 586 g/mol. The van der Waals surface area contributed by atoms with E-state index in [1.54, 1.807) is 0 Å². The standard InChI is InChI=1S/C42H26N4/c43-25-27-22-40(45-36-16-8-6-14-32(36)33-15-7-9-17-37(33)45)35(26-44)41(23-27)46-38-20-19-30(28-10-2-1-3-11-28)24-34(38)42-31-13-5-4-12-29(31)18-21-39(42)46/h1-25,43H. The summed E-state index contributed by atoms with van der Waals surface area (Å²) in [5.41, 5.74) is 9.16. The van der Waals surface area contributed by atoms with E-state index in [2.05, 4.69) is 130 Å². The third-order valence-electron chi connectivity index (χ3n) is 9.22. The summed E-state index contributed by atoms with van der Waals surface area (Å²) in [6.07, 6.45) is 1.37. The Kier molecular flexibility index (Phi) is 5.68. The number of benzene rings is 7. The average Bonchev–Trinajstić information content (AvgIpc) is 3.64. The first-order chi connectivity index (χ1) is 22.7. The Balaban J connectivity index is 1.43. The topological polar surface area (TPSA) is 57.5 Å². The van der Waals surface area contributed by atoms with Crippen molar-refractivity contribution in [3.05, 3.63) is 157 Å². The SMILES string of the molecule is N#Cc1c(-n2c3ccccc3c3ccccc32)cc(C=N)cc1-n1c2ccc(-c3ccccc3)cc2c2c3ccccc3ccc21. The lowest BCUT2D eigenvalue weighted by Crippen LogP contribution is -2.06. The number of nitrogens with zero attached hydrogens (tertiary/aromatic N) is 3. The highest BCUT2D eigenvalue weighted by atomic mass is 15.0. The molecule has 1 N–H and O–H groups in total. The Morgan fingerprint density at radius 3 is 1.74 bits per heavy atom. The molecule has 4 nitrogen and oxygen atoms in total. The van der Waals surface area contributed by atoms with Gasteiger partial charge in [-0.2, -0.15) is 5.26 Å². The first kappa shape index (κ1) is 26.0. The van der Waals surface area contributed by atoms with Gasteiger partial charge < -0.3 is 14.5 Å². The molecule has 0 radical (unpaired) electrons. The maximum Gasteiger partial charge on any atom is 0.104 e. The van der Waals surface area contributed by atoms with Gasteiger partial charge in [-0.05, 0) is 69.9 Å². The molecule has 46 heavy (non-hydrogen) atoms. The number of hydrogen-bond acceptors (Lipinski definition) is 2. The molecule has 0 amide bonds. The van der Waals surface area contributed by atoms with Gasteiger partial charge in [0, 0.05) is 27.8 Å². The number of rotatable bonds is 4. The highest BCUT2D eigenvalue weighted by Crippen LogP contribution is 2.41. The molecule has 2 aromatic heterocycles. The van der Waals surface area contributed by atoms with Crippen LogP contribution in [0.1, 0.15) is 11.1 Å². The first-order valence-electron chi connectivity index (χ1n) is 15.3. The quantitative estimate of drug-likeness (QED) is 0.205. The van der Waals surface area contributed by atoms with E-state index in [-0.39, 0.29) is 0 Å². The van der Waals surface area contributed by atoms with Crippen LogP contribution in [0, 0.1) is 16.7 Å². The number of para-hydroxylation sites is 2. The van der Waals surface area contributed by atoms with Crippen molar-refractivity contribution in [1.82, 2.24) is 9.13 Å². The summed E-state index contributed by atoms with van der Waals surface area (Å²) in [5.74, 6) is 0. The predicted molar refractivity (Wildman–Crippen MR) is 191 cm³/mol. The molecule has 0 bridgehead atoms. The third kappa shape index (κ3) is 3.70. The first-order valence-corrected chi connectivity index (χ1v) is 15.3. The summed E-state index contributed by atoms with van der Waals surface area (Å²) in [5, 5.41) is 26.2. The molecular formula is C42H26N4. The van der Waals surface area contributed by atoms with Gasteiger partial charge in [-0.1, -0.05) is 103 Å². The summed E-state index contributed by atoms with van der Waals surface area (Å²) < 4.78 is 4.39. The summed E-state index contributed by atoms with van der Waals surface area (Å²) in [6.45, 7) is 0. The van der Waals surface area contributed by atoms with Gasteiger partial charge in [0.05, 0.1) is 33.4 Å². The smallest absolute Gasteiger partial charge is 0.104 e. The van der Waals surface area contributed by atoms with Crippen LogP contribution in [-0.2, 0) is 0 Å². The Labute approximate surface area is 265 Å². The fourth-order valence-corrected chi connectivity index (χ4v) is 7.23. The maximum absolute atomic E-state index is 11.0. The Morgan fingerprint density at radius 1 is 0.500 bits per heavy atom. The zero-order chi connectivity index (χ0) is 30.8. The number of hydrogen-bond donors (Lipinski definition) is 1. The van der Waals surface area contributed by atoms with Gasteiger partial charge in [-0.25, -0.2) is 0 Å². The third-order valence-corrected chi connectivity index (χ3v) is 9.22. The van der Waals surface area contributed by atoms with Crippen LogP contribution >= 0.6 is 0 Å². The van der Waals surface area contributed by atoms with Crippen molar-refractivity contribution in [2.24, 2.45) is 0 Å². The normalized spacial score (nSPS) is 11.5. The van der Waals surface area contributed by atoms with Crippen LogP contribution in [0.15, 0.2) is 146 Å². The van der Waals surface area contributed by atoms with Crippen LogP contribution in [0.5, 0.6) is 0 Å². The molecule has 9 aromatic rings. The minimum Gasteiger partial charge on any atom is -0.308 e. The van der Waals surface area contributed by atoms with Crippen LogP contribution in [-0.4, -0.2) is 15.3 Å². The Morgan fingerprint density at radius 2 is 1.07 bits per heavy atom. The van der Waals surface area contributed by atoms with Gasteiger partial charge in [0.2, 0.25) is 0 Å². The van der Waals surface area contributed by atoms with E-state index in [1.165, 1.54) is 17.0 Å². The van der Waals surface area contributed by atoms with Crippen LogP contribution in [0.2, 0.25) is 0 Å². The zero-order valence-electron chi connectivity index (χ0n) is 24.8. The molecule has 0 fully saturated rings. The molecule has 0 saturated carbocycles. The minimum atomic E-state index is 0.552. The van der Waals surface area contributed by atoms with E-state index in [4.69, 9.17) is 5.41 Å². The van der Waals surface area contributed by atoms with Crippen molar-refractivity contribution in [3.63, 3.8) is 0 Å². The van der Waals surface area contributed by atoms with Gasteiger partial charge in [-0.15, -0.1) is 0 Å². The summed E-state index contributed by atoms with van der Waals surface area (Å²) in [6, 6.07) is 53.0. The molecule has 4 heteroatoms. The second kappa shape index (κ2) is 10.1. The van der Waals surface area contributed by atoms with Gasteiger partial charge in [0.25, 0.3) is 0 Å². The molecule has 0 spiro atoms. The molecule has 0 aliphatic carbocycles. The molecule has 7 aromatic carbocycles. The largest absolute Gasteiger partial charge is 0.308 e. The van der Waals surface area contributed by atoms with E-state index in [0.717, 1.165) is 71.7 Å². The van der Waals surface area contributed by atoms with Crippen molar-refractivity contribution in [2.75, 3.05) is 0 Å². The summed E-state index contributed by atoms with van der Waals surface area (Å²) in [7, 11) is 0. The predicted octanol–water partition coefficient (Wildman–Crippen LogP) is 10.6. The number of aromatic nitrogens is 2. The van der Waals surface area contributed by atoms with Gasteiger partial charge in [0.15, 0.2) is 0 Å². The molecule has 0 atom stereocenters. The highest BCUT2D eigenvalue weighted by molar-refractivity contribution is 6.22. The van der Waals surface area contributed by atoms with Crippen LogP contribution in [0.25, 0.3) is 76.9 Å². The van der Waals surface area contributed by atoms with Gasteiger partial charge in [-0.3, -0.25) is 0 Å². The van der Waals surface area contributed by atoms with Crippen molar-refractivity contribution < 1.29 is 0 Å². The van der Waals surface area contributed by atoms with E-state index >= 15 is 0 Å². The van der Waals surface area contributed by atoms with Crippen LogP contribution in [0.3, 0.4) is 0 Å². The molecule has 0 saturated heterocycles. The Bertz CT molecular complexity index is 2670. The lowest BCUT2D eigenvalue weighted by atomic mass is 10.0. The van der Waals surface area contributed by atoms with Crippen LogP contribution < -0.4 is 0 Å². The second-order valence-electron chi connectivity index (χ2n) is 11.7. The molecule has 9 rings (SSSR count). The van der Waals surface area contributed by atoms with E-state index in [9.17, 15) is 5.26 Å². The van der Waals surface area contributed by atoms with Gasteiger partial charge >= 0.3 is 0 Å². The van der Waals surface area contributed by atoms with E-state index in [0.29, 0.717) is 5.56 Å². The highest BCUT2D eigenvalue weighted by Gasteiger charge is 2.22. The summed E-state index contributed by atoms with van der Waals surface area (Å²) >= 11 is 0. The fraction of sp³-hybridized carbons (Fsp3) is 0. The van der Waals surface area contributed by atoms with Crippen molar-refractivity contribution >= 4 is 60.6 Å². The summed E-state index contributed by atoms with van der Waals surface area (Å²) in [4.78, 5) is 0. The lowest BCUT2D eigenvalue weighted by molar-refractivity contribution is 1.12. The molecule has 214 valence electrons. The van der Waals surface area contributed by atoms with Gasteiger partial charge in [0.1, 0.15) is 11.6 Å². The fourth-order valence-electron chi connectivity index (χ4n) is 7.23. The van der Waals surface area contributed by atoms with Crippen molar-refractivity contribution in [2.45, 2.75) is 0 Å². The zero-order valence-corrected chi connectivity index (χ0v) is 24.8. The number of nitrogens with one attached hydrogen (secondary N) is 1. The molecule has 0 aliphatic heterocycles. The van der Waals surface area contributed by atoms with Crippen molar-refractivity contribution in [3.8, 4) is 28.6 Å². The number of fused-ring (bicyclic) bond motifs is 8. The lowest BCUT2D eigenvalue weighted by Gasteiger charge is -2.17.